The van der Waals surface area contributed by atoms with Gasteiger partial charge in [0.25, 0.3) is 0 Å². The van der Waals surface area contributed by atoms with Crippen LogP contribution < -0.4 is 0 Å². The van der Waals surface area contributed by atoms with Gasteiger partial charge in [0, 0.05) is 0 Å². The number of phenols is 1. The number of rotatable bonds is 1. The number of aromatic nitrogens is 2. The van der Waals surface area contributed by atoms with Crippen LogP contribution in [0.4, 0.5) is 0 Å². The van der Waals surface area contributed by atoms with Crippen molar-refractivity contribution >= 4 is 28.0 Å². The molecule has 4 aromatic rings. The van der Waals surface area contributed by atoms with Crippen molar-refractivity contribution in [2.24, 2.45) is 0 Å². The van der Waals surface area contributed by atoms with Gasteiger partial charge in [0.1, 0.15) is 11.3 Å². The topological polar surface area (TPSA) is 83.3 Å². The average molecular weight is 318 g/mol. The number of hydrogen-bond donors (Lipinski definition) is 2. The highest BCUT2D eigenvalue weighted by Crippen LogP contribution is 2.23. The Labute approximate surface area is 137 Å². The molecule has 0 fully saturated rings. The summed E-state index contributed by atoms with van der Waals surface area (Å²) in [7, 11) is 0. The first-order chi connectivity index (χ1) is 11.6. The second-order valence-electron chi connectivity index (χ2n) is 5.03. The van der Waals surface area contributed by atoms with Crippen molar-refractivity contribution in [3.05, 3.63) is 78.4 Å². The van der Waals surface area contributed by atoms with Gasteiger partial charge in [-0.1, -0.05) is 36.4 Å². The van der Waals surface area contributed by atoms with Gasteiger partial charge in [0.15, 0.2) is 0 Å². The highest BCUT2D eigenvalue weighted by molar-refractivity contribution is 5.89. The van der Waals surface area contributed by atoms with E-state index in [1.165, 1.54) is 0 Å². The van der Waals surface area contributed by atoms with E-state index in [0.717, 1.165) is 11.0 Å². The summed E-state index contributed by atoms with van der Waals surface area (Å²) in [5.41, 5.74) is 3.24. The molecule has 24 heavy (non-hydrogen) atoms. The van der Waals surface area contributed by atoms with Gasteiger partial charge in [-0.2, -0.15) is 0 Å². The van der Waals surface area contributed by atoms with Crippen molar-refractivity contribution in [3.63, 3.8) is 0 Å². The van der Waals surface area contributed by atoms with Crippen LogP contribution in [0, 0.1) is 0 Å². The number of para-hydroxylation sites is 3. The maximum Gasteiger partial charge on any atom is 0.335 e. The van der Waals surface area contributed by atoms with Crippen molar-refractivity contribution in [2.75, 3.05) is 0 Å². The Balaban J connectivity index is 0.000000162. The fraction of sp³-hybridized carbons (Fsp3) is 0. The van der Waals surface area contributed by atoms with Crippen LogP contribution in [0.15, 0.2) is 72.8 Å². The zero-order valence-electron chi connectivity index (χ0n) is 12.6. The molecule has 0 radical (unpaired) electrons. The van der Waals surface area contributed by atoms with Crippen LogP contribution in [-0.4, -0.2) is 26.2 Å². The fourth-order valence-electron chi connectivity index (χ4n) is 2.21. The van der Waals surface area contributed by atoms with Crippen LogP contribution in [0.25, 0.3) is 22.1 Å². The van der Waals surface area contributed by atoms with E-state index in [-0.39, 0.29) is 5.75 Å². The molecule has 0 aliphatic heterocycles. The molecule has 0 aliphatic rings. The molecule has 0 saturated carbocycles. The zero-order valence-corrected chi connectivity index (χ0v) is 12.6. The number of nitrogens with zero attached hydrogens (tertiary/aromatic N) is 2. The molecular weight excluding hydrogens is 304 g/mol. The van der Waals surface area contributed by atoms with E-state index in [0.29, 0.717) is 16.6 Å². The van der Waals surface area contributed by atoms with Gasteiger partial charge < -0.3 is 10.2 Å². The second-order valence-corrected chi connectivity index (χ2v) is 5.03. The minimum Gasteiger partial charge on any atom is -0.506 e. The second kappa shape index (κ2) is 6.75. The zero-order chi connectivity index (χ0) is 16.9. The number of carbonyl (C=O) groups is 1. The summed E-state index contributed by atoms with van der Waals surface area (Å²) in [5.74, 6) is -0.707. The molecule has 2 N–H and O–H groups in total. The van der Waals surface area contributed by atoms with E-state index in [4.69, 9.17) is 5.11 Å². The lowest BCUT2D eigenvalue weighted by Crippen LogP contribution is -1.93. The molecule has 5 nitrogen and oxygen atoms in total. The molecule has 0 spiro atoms. The van der Waals surface area contributed by atoms with Gasteiger partial charge in [-0.15, -0.1) is 0 Å². The first-order valence-electron chi connectivity index (χ1n) is 7.28. The molecular formula is C19H14N2O3. The molecule has 0 atom stereocenters. The Morgan fingerprint density at radius 2 is 1.29 bits per heavy atom. The van der Waals surface area contributed by atoms with Crippen molar-refractivity contribution in [1.82, 2.24) is 9.97 Å². The van der Waals surface area contributed by atoms with Gasteiger partial charge in [-0.25, -0.2) is 14.8 Å². The summed E-state index contributed by atoms with van der Waals surface area (Å²) in [5, 5.41) is 18.0. The van der Waals surface area contributed by atoms with Gasteiger partial charge in [0.2, 0.25) is 0 Å². The first-order valence-corrected chi connectivity index (χ1v) is 7.28. The first kappa shape index (κ1) is 15.4. The van der Waals surface area contributed by atoms with E-state index in [1.807, 2.05) is 30.3 Å². The fourth-order valence-corrected chi connectivity index (χ4v) is 2.21. The van der Waals surface area contributed by atoms with E-state index < -0.39 is 5.97 Å². The number of aromatic hydroxyl groups is 1. The third-order valence-corrected chi connectivity index (χ3v) is 3.37. The lowest BCUT2D eigenvalue weighted by Gasteiger charge is -2.01. The molecule has 0 saturated heterocycles. The Morgan fingerprint density at radius 3 is 1.92 bits per heavy atom. The van der Waals surface area contributed by atoms with Gasteiger partial charge in [-0.3, -0.25) is 0 Å². The van der Waals surface area contributed by atoms with Crippen LogP contribution in [0.1, 0.15) is 10.4 Å². The standard InChI is InChI=1S/C12H8N2O.C7H6O2/c15-11-7-3-6-10-12(11)14-9-5-2-1-4-8(9)13-10;8-7(9)6-4-2-1-3-5-6/h1-7,15H;1-5H,(H,8,9). The third-order valence-electron chi connectivity index (χ3n) is 3.37. The van der Waals surface area contributed by atoms with Gasteiger partial charge in [-0.05, 0) is 36.4 Å². The summed E-state index contributed by atoms with van der Waals surface area (Å²) in [6.45, 7) is 0. The van der Waals surface area contributed by atoms with Crippen LogP contribution in [0.5, 0.6) is 5.75 Å². The maximum atomic E-state index is 10.2. The monoisotopic (exact) mass is 318 g/mol. The minimum absolute atomic E-state index is 0.172. The Morgan fingerprint density at radius 1 is 0.708 bits per heavy atom. The SMILES string of the molecule is O=C(O)c1ccccc1.Oc1cccc2nc3ccccc3nc12. The van der Waals surface area contributed by atoms with Crippen molar-refractivity contribution in [3.8, 4) is 5.75 Å². The molecule has 0 unspecified atom stereocenters. The van der Waals surface area contributed by atoms with Crippen molar-refractivity contribution in [1.29, 1.82) is 0 Å². The van der Waals surface area contributed by atoms with E-state index in [9.17, 15) is 9.90 Å². The number of phenolic OH excluding ortho intramolecular Hbond substituents is 1. The average Bonchev–Trinajstić information content (AvgIpc) is 2.62. The molecule has 0 amide bonds. The van der Waals surface area contributed by atoms with E-state index in [1.54, 1.807) is 42.5 Å². The number of hydrogen-bond acceptors (Lipinski definition) is 4. The van der Waals surface area contributed by atoms with Crippen LogP contribution in [0.3, 0.4) is 0 Å². The van der Waals surface area contributed by atoms with Gasteiger partial charge in [0.05, 0.1) is 22.1 Å². The van der Waals surface area contributed by atoms with Crippen LogP contribution in [-0.2, 0) is 0 Å². The molecule has 4 rings (SSSR count). The lowest BCUT2D eigenvalue weighted by atomic mass is 10.2. The summed E-state index contributed by atoms with van der Waals surface area (Å²) >= 11 is 0. The van der Waals surface area contributed by atoms with E-state index in [2.05, 4.69) is 9.97 Å². The van der Waals surface area contributed by atoms with Crippen molar-refractivity contribution in [2.45, 2.75) is 0 Å². The molecule has 1 heterocycles. The molecule has 118 valence electrons. The largest absolute Gasteiger partial charge is 0.506 e. The molecule has 5 heteroatoms. The van der Waals surface area contributed by atoms with Crippen LogP contribution >= 0.6 is 0 Å². The highest BCUT2D eigenvalue weighted by Gasteiger charge is 2.03. The van der Waals surface area contributed by atoms with Gasteiger partial charge >= 0.3 is 5.97 Å². The minimum atomic E-state index is -0.879. The number of carboxylic acid groups (broad SMARTS) is 1. The Bertz CT molecular complexity index is 1000. The molecule has 1 aromatic heterocycles. The van der Waals surface area contributed by atoms with E-state index >= 15 is 0 Å². The quantitative estimate of drug-likeness (QED) is 0.520. The highest BCUT2D eigenvalue weighted by atomic mass is 16.4. The smallest absolute Gasteiger partial charge is 0.335 e. The summed E-state index contributed by atoms with van der Waals surface area (Å²) in [6.07, 6.45) is 0. The number of carboxylic acids is 1. The predicted molar refractivity (Wildman–Crippen MR) is 92.1 cm³/mol. The summed E-state index contributed by atoms with van der Waals surface area (Å²) in [6, 6.07) is 21.1. The Hall–Kier alpha value is -3.47. The molecule has 0 aliphatic carbocycles. The van der Waals surface area contributed by atoms with Crippen molar-refractivity contribution < 1.29 is 15.0 Å². The number of fused-ring (bicyclic) bond motifs is 2. The summed E-state index contributed by atoms with van der Waals surface area (Å²) < 4.78 is 0. The normalized spacial score (nSPS) is 10.2. The lowest BCUT2D eigenvalue weighted by molar-refractivity contribution is 0.0697. The Kier molecular flexibility index (Phi) is 4.34. The predicted octanol–water partition coefficient (Wildman–Crippen LogP) is 3.87. The molecule has 3 aromatic carbocycles. The number of aromatic carboxylic acids is 1. The van der Waals surface area contributed by atoms with Crippen LogP contribution in [0.2, 0.25) is 0 Å². The third kappa shape index (κ3) is 3.30. The summed E-state index contributed by atoms with van der Waals surface area (Å²) in [4.78, 5) is 19.0. The molecule has 0 bridgehead atoms. The number of benzene rings is 3. The maximum absolute atomic E-state index is 10.2.